The monoisotopic (exact) mass is 541 g/mol. The van der Waals surface area contributed by atoms with Crippen LogP contribution in [-0.4, -0.2) is 42.5 Å². The van der Waals surface area contributed by atoms with Crippen molar-refractivity contribution in [3.63, 3.8) is 0 Å². The molecule has 0 aliphatic heterocycles. The molecule has 0 amide bonds. The number of aliphatic imine (C=N–C) groups is 1. The zero-order valence-electron chi connectivity index (χ0n) is 18.9. The fourth-order valence-electron chi connectivity index (χ4n) is 2.73. The van der Waals surface area contributed by atoms with Gasteiger partial charge in [-0.05, 0) is 39.3 Å². The second-order valence-electron chi connectivity index (χ2n) is 8.05. The maximum Gasteiger partial charge on any atom is 0.191 e. The van der Waals surface area contributed by atoms with Crippen LogP contribution in [0.5, 0.6) is 5.75 Å². The predicted octanol–water partition coefficient (Wildman–Crippen LogP) is 4.11. The van der Waals surface area contributed by atoms with Crippen molar-refractivity contribution >= 4 is 29.9 Å². The number of rotatable bonds is 10. The number of aliphatic hydroxyl groups is 1. The van der Waals surface area contributed by atoms with Gasteiger partial charge in [0.05, 0.1) is 25.9 Å². The molecular formula is C24H36IN3O3. The first-order chi connectivity index (χ1) is 14.4. The third-order valence-corrected chi connectivity index (χ3v) is 4.07. The fourth-order valence-corrected chi connectivity index (χ4v) is 2.73. The molecular weight excluding hydrogens is 505 g/mol. The molecule has 0 fully saturated rings. The van der Waals surface area contributed by atoms with Gasteiger partial charge in [-0.25, -0.2) is 4.99 Å². The Morgan fingerprint density at radius 2 is 1.71 bits per heavy atom. The van der Waals surface area contributed by atoms with Crippen LogP contribution in [0.2, 0.25) is 0 Å². The summed E-state index contributed by atoms with van der Waals surface area (Å²) in [5, 5.41) is 16.6. The van der Waals surface area contributed by atoms with Crippen molar-refractivity contribution in [2.75, 3.05) is 19.7 Å². The molecule has 2 aromatic carbocycles. The third kappa shape index (κ3) is 11.4. The Labute approximate surface area is 203 Å². The highest BCUT2D eigenvalue weighted by Crippen LogP contribution is 2.23. The van der Waals surface area contributed by atoms with Crippen LogP contribution >= 0.6 is 24.0 Å². The van der Waals surface area contributed by atoms with E-state index in [1.54, 1.807) is 0 Å². The molecule has 0 aliphatic rings. The summed E-state index contributed by atoms with van der Waals surface area (Å²) in [6.45, 7) is 10.4. The molecule has 172 valence electrons. The van der Waals surface area contributed by atoms with Crippen LogP contribution in [0.3, 0.4) is 0 Å². The predicted molar refractivity (Wildman–Crippen MR) is 137 cm³/mol. The lowest BCUT2D eigenvalue weighted by atomic mass is 10.1. The molecule has 0 saturated heterocycles. The zero-order chi connectivity index (χ0) is 21.8. The van der Waals surface area contributed by atoms with E-state index in [1.807, 2.05) is 82.3 Å². The van der Waals surface area contributed by atoms with E-state index >= 15 is 0 Å². The number of nitrogens with zero attached hydrogens (tertiary/aromatic N) is 1. The van der Waals surface area contributed by atoms with Crippen LogP contribution in [0, 0.1) is 0 Å². The fraction of sp³-hybridized carbons (Fsp3) is 0.458. The largest absolute Gasteiger partial charge is 0.488 e. The summed E-state index contributed by atoms with van der Waals surface area (Å²) >= 11 is 0. The number of benzene rings is 2. The van der Waals surface area contributed by atoms with Gasteiger partial charge in [0, 0.05) is 18.7 Å². The molecule has 0 aliphatic carbocycles. The Morgan fingerprint density at radius 1 is 1.03 bits per heavy atom. The first-order valence-corrected chi connectivity index (χ1v) is 10.5. The molecule has 1 atom stereocenters. The van der Waals surface area contributed by atoms with E-state index in [-0.39, 0.29) is 36.2 Å². The molecule has 3 N–H and O–H groups in total. The SMILES string of the molecule is CCNC(=NCc1ccccc1OC(C)(C)C)NCC(O)COCc1ccccc1.I. The lowest BCUT2D eigenvalue weighted by Crippen LogP contribution is -2.42. The Balaban J connectivity index is 0.00000480. The van der Waals surface area contributed by atoms with Crippen molar-refractivity contribution < 1.29 is 14.6 Å². The number of para-hydroxylation sites is 1. The van der Waals surface area contributed by atoms with E-state index in [0.717, 1.165) is 23.4 Å². The maximum absolute atomic E-state index is 10.2. The van der Waals surface area contributed by atoms with Crippen LogP contribution < -0.4 is 15.4 Å². The summed E-state index contributed by atoms with van der Waals surface area (Å²) in [6.07, 6.45) is -0.630. The van der Waals surface area contributed by atoms with Gasteiger partial charge in [-0.15, -0.1) is 24.0 Å². The molecule has 0 spiro atoms. The standard InChI is InChI=1S/C24H35N3O3.HI/c1-5-25-23(26-15-20-13-9-10-14-22(20)30-24(2,3)4)27-16-21(28)18-29-17-19-11-7-6-8-12-19;/h6-14,21,28H,5,15-18H2,1-4H3,(H2,25,26,27);1H. The van der Waals surface area contributed by atoms with Crippen molar-refractivity contribution in [1.82, 2.24) is 10.6 Å². The van der Waals surface area contributed by atoms with Crippen LogP contribution in [0.1, 0.15) is 38.8 Å². The topological polar surface area (TPSA) is 75.1 Å². The molecule has 0 radical (unpaired) electrons. The summed E-state index contributed by atoms with van der Waals surface area (Å²) in [5.41, 5.74) is 1.83. The second-order valence-corrected chi connectivity index (χ2v) is 8.05. The van der Waals surface area contributed by atoms with Gasteiger partial charge in [-0.3, -0.25) is 0 Å². The van der Waals surface area contributed by atoms with Crippen LogP contribution in [0.4, 0.5) is 0 Å². The number of aliphatic hydroxyl groups excluding tert-OH is 1. The molecule has 2 aromatic rings. The summed E-state index contributed by atoms with van der Waals surface area (Å²) < 4.78 is 11.6. The smallest absolute Gasteiger partial charge is 0.191 e. The highest BCUT2D eigenvalue weighted by molar-refractivity contribution is 14.0. The van der Waals surface area contributed by atoms with Crippen LogP contribution in [0.15, 0.2) is 59.6 Å². The summed E-state index contributed by atoms with van der Waals surface area (Å²) in [7, 11) is 0. The molecule has 7 heteroatoms. The van der Waals surface area contributed by atoms with Gasteiger partial charge in [0.2, 0.25) is 0 Å². The number of hydrogen-bond donors (Lipinski definition) is 3. The quantitative estimate of drug-likeness (QED) is 0.240. The molecule has 1 unspecified atom stereocenters. The van der Waals surface area contributed by atoms with Crippen molar-refractivity contribution in [1.29, 1.82) is 0 Å². The number of nitrogens with one attached hydrogen (secondary N) is 2. The molecule has 31 heavy (non-hydrogen) atoms. The van der Waals surface area contributed by atoms with E-state index in [0.29, 0.717) is 25.7 Å². The minimum atomic E-state index is -0.630. The van der Waals surface area contributed by atoms with Gasteiger partial charge in [-0.1, -0.05) is 48.5 Å². The Kier molecular flexibility index (Phi) is 12.5. The molecule has 0 aromatic heterocycles. The maximum atomic E-state index is 10.2. The van der Waals surface area contributed by atoms with E-state index in [1.165, 1.54) is 0 Å². The van der Waals surface area contributed by atoms with Crippen molar-refractivity contribution in [2.45, 2.75) is 52.6 Å². The minimum absolute atomic E-state index is 0. The third-order valence-electron chi connectivity index (χ3n) is 4.07. The molecule has 6 nitrogen and oxygen atoms in total. The lowest BCUT2D eigenvalue weighted by molar-refractivity contribution is 0.0308. The van der Waals surface area contributed by atoms with Crippen molar-refractivity contribution in [3.8, 4) is 5.75 Å². The van der Waals surface area contributed by atoms with Gasteiger partial charge < -0.3 is 25.2 Å². The molecule has 2 rings (SSSR count). The molecule has 0 bridgehead atoms. The van der Waals surface area contributed by atoms with Crippen LogP contribution in [-0.2, 0) is 17.9 Å². The summed E-state index contributed by atoms with van der Waals surface area (Å²) in [5.74, 6) is 1.48. The number of ether oxygens (including phenoxy) is 2. The van der Waals surface area contributed by atoms with Crippen LogP contribution in [0.25, 0.3) is 0 Å². The summed E-state index contributed by atoms with van der Waals surface area (Å²) in [6, 6.07) is 17.8. The van der Waals surface area contributed by atoms with E-state index in [4.69, 9.17) is 9.47 Å². The number of halogens is 1. The zero-order valence-corrected chi connectivity index (χ0v) is 21.3. The van der Waals surface area contributed by atoms with E-state index in [2.05, 4.69) is 15.6 Å². The number of guanidine groups is 1. The van der Waals surface area contributed by atoms with Gasteiger partial charge in [0.25, 0.3) is 0 Å². The molecule has 0 heterocycles. The van der Waals surface area contributed by atoms with Crippen molar-refractivity contribution in [3.05, 3.63) is 65.7 Å². The van der Waals surface area contributed by atoms with Gasteiger partial charge in [-0.2, -0.15) is 0 Å². The minimum Gasteiger partial charge on any atom is -0.488 e. The van der Waals surface area contributed by atoms with Gasteiger partial charge >= 0.3 is 0 Å². The highest BCUT2D eigenvalue weighted by atomic mass is 127. The van der Waals surface area contributed by atoms with E-state index in [9.17, 15) is 5.11 Å². The first kappa shape index (κ1) is 27.2. The number of hydrogen-bond acceptors (Lipinski definition) is 4. The Bertz CT molecular complexity index is 779. The average Bonchev–Trinajstić information content (AvgIpc) is 2.71. The lowest BCUT2D eigenvalue weighted by Gasteiger charge is -2.23. The van der Waals surface area contributed by atoms with Crippen molar-refractivity contribution in [2.24, 2.45) is 4.99 Å². The second kappa shape index (κ2) is 14.3. The highest BCUT2D eigenvalue weighted by Gasteiger charge is 2.14. The Hall–Kier alpha value is -1.84. The summed E-state index contributed by atoms with van der Waals surface area (Å²) in [4.78, 5) is 4.64. The average molecular weight is 541 g/mol. The first-order valence-electron chi connectivity index (χ1n) is 10.5. The van der Waals surface area contributed by atoms with E-state index < -0.39 is 6.10 Å². The van der Waals surface area contributed by atoms with Gasteiger partial charge in [0.15, 0.2) is 5.96 Å². The molecule has 0 saturated carbocycles. The Morgan fingerprint density at radius 3 is 2.39 bits per heavy atom. The van der Waals surface area contributed by atoms with Gasteiger partial charge in [0.1, 0.15) is 11.4 Å². The normalized spacial score (nSPS) is 12.6.